The lowest BCUT2D eigenvalue weighted by Gasteiger charge is -2.38. The molecular weight excluding hydrogens is 931 g/mol. The van der Waals surface area contributed by atoms with Crippen LogP contribution < -0.4 is 4.90 Å². The summed E-state index contributed by atoms with van der Waals surface area (Å²) in [5.41, 5.74) is 2.89. The highest BCUT2D eigenvalue weighted by molar-refractivity contribution is 5.46. The molecule has 0 atom stereocenters. The summed E-state index contributed by atoms with van der Waals surface area (Å²) in [6, 6.07) is 26.9. The van der Waals surface area contributed by atoms with Crippen molar-refractivity contribution in [3.05, 3.63) is 66.2 Å². The van der Waals surface area contributed by atoms with Crippen molar-refractivity contribution in [3.8, 4) is 0 Å². The summed E-state index contributed by atoms with van der Waals surface area (Å²) in [4.78, 5) is 22.7. The van der Waals surface area contributed by atoms with Crippen molar-refractivity contribution in [2.75, 3.05) is 130 Å². The Labute approximate surface area is 473 Å². The minimum absolute atomic E-state index is 0.683. The van der Waals surface area contributed by atoms with Crippen molar-refractivity contribution in [2.45, 2.75) is 235 Å². The van der Waals surface area contributed by atoms with Gasteiger partial charge in [0.15, 0.2) is 0 Å². The van der Waals surface area contributed by atoms with Crippen molar-refractivity contribution >= 4 is 5.69 Å². The predicted octanol–water partition coefficient (Wildman–Crippen LogP) is 13.7. The van der Waals surface area contributed by atoms with Crippen molar-refractivity contribution in [1.29, 1.82) is 0 Å². The molecule has 7 fully saturated rings. The number of hydrogen-bond acceptors (Lipinski definition) is 9. The zero-order valence-corrected chi connectivity index (χ0v) is 53.0. The van der Waals surface area contributed by atoms with E-state index < -0.39 is 0 Å². The lowest BCUT2D eigenvalue weighted by molar-refractivity contribution is 0.126. The summed E-state index contributed by atoms with van der Waals surface area (Å²) >= 11 is 0. The third-order valence-electron chi connectivity index (χ3n) is 17.4. The number of piperidine rings is 3. The Kier molecular flexibility index (Phi) is 36.0. The predicted molar refractivity (Wildman–Crippen MR) is 337 cm³/mol. The second-order valence-electron chi connectivity index (χ2n) is 25.5. The van der Waals surface area contributed by atoms with Gasteiger partial charge in [0.25, 0.3) is 0 Å². The lowest BCUT2D eigenvalue weighted by atomic mass is 9.89. The van der Waals surface area contributed by atoms with Gasteiger partial charge in [-0.2, -0.15) is 0 Å². The summed E-state index contributed by atoms with van der Waals surface area (Å²) in [5.74, 6) is 0.793. The molecule has 9 rings (SSSR count). The molecule has 0 aromatic heterocycles. The maximum absolute atomic E-state index is 2.59. The molecule has 0 unspecified atom stereocenters. The Morgan fingerprint density at radius 2 is 0.526 bits per heavy atom. The average Bonchev–Trinajstić information content (AvgIpc) is 3.86. The van der Waals surface area contributed by atoms with Gasteiger partial charge in [0.05, 0.1) is 0 Å². The molecule has 0 aliphatic carbocycles. The summed E-state index contributed by atoms with van der Waals surface area (Å²) in [6.07, 6.45) is 19.8. The van der Waals surface area contributed by atoms with E-state index in [2.05, 4.69) is 209 Å². The standard InChI is InChI=1S/C14H21N.C13H20N2.C9H19N.C8H18N2.2C8H17N.C7H15N/c1-12(2)15-10-8-14(9-11-15)13-6-4-3-5-7-13;1-12(2)14-8-10-15(11-9-14)13-6-4-3-5-7-13;1-9(2)10-7-5-3-4-6-8-10;1-8(2)10-6-4-9(3)5-7-10;2*1-8(2)9-6-4-3-5-7-9;1-7(2)8-5-3-4-6-8/h3-7,12,14H,8-11H2,1-2H3;3-7,12H,8-11H2,1-2H3;9H,3-8H2,1-2H3;8H,4-7H2,1-3H3;2*8H,3-7H2,1-2H3;7H,3-6H2,1-2H3. The molecule has 9 nitrogen and oxygen atoms in total. The maximum atomic E-state index is 2.59. The fourth-order valence-corrected chi connectivity index (χ4v) is 11.7. The van der Waals surface area contributed by atoms with E-state index >= 15 is 0 Å². The highest BCUT2D eigenvalue weighted by Gasteiger charge is 2.22. The summed E-state index contributed by atoms with van der Waals surface area (Å²) in [5, 5.41) is 0. The first-order chi connectivity index (χ1) is 36.5. The van der Waals surface area contributed by atoms with E-state index in [1.165, 1.54) is 206 Å². The number of piperazine rings is 2. The van der Waals surface area contributed by atoms with Crippen molar-refractivity contribution in [2.24, 2.45) is 0 Å². The average molecular weight is 1060 g/mol. The Bertz CT molecular complexity index is 1500. The largest absolute Gasteiger partial charge is 0.369 e. The number of nitrogens with zero attached hydrogens (tertiary/aromatic N) is 9. The maximum Gasteiger partial charge on any atom is 0.0367 e. The van der Waals surface area contributed by atoms with Crippen LogP contribution in [0.1, 0.15) is 198 Å². The highest BCUT2D eigenvalue weighted by Crippen LogP contribution is 2.28. The molecule has 0 amide bonds. The Morgan fingerprint density at radius 3 is 0.842 bits per heavy atom. The van der Waals surface area contributed by atoms with Gasteiger partial charge in [0, 0.05) is 100 Å². The number of rotatable bonds is 9. The smallest absolute Gasteiger partial charge is 0.0367 e. The number of likely N-dealkylation sites (tertiary alicyclic amines) is 5. The fourth-order valence-electron chi connectivity index (χ4n) is 11.7. The minimum Gasteiger partial charge on any atom is -0.369 e. The van der Waals surface area contributed by atoms with Crippen LogP contribution in [0.25, 0.3) is 0 Å². The molecule has 0 spiro atoms. The molecule has 76 heavy (non-hydrogen) atoms. The van der Waals surface area contributed by atoms with E-state index in [9.17, 15) is 0 Å². The van der Waals surface area contributed by atoms with E-state index in [1.54, 1.807) is 0 Å². The van der Waals surface area contributed by atoms with E-state index in [4.69, 9.17) is 0 Å². The fraction of sp³-hybridized carbons (Fsp3) is 0.821. The van der Waals surface area contributed by atoms with Crippen molar-refractivity contribution < 1.29 is 0 Å². The summed E-state index contributed by atoms with van der Waals surface area (Å²) in [7, 11) is 2.19. The molecule has 7 heterocycles. The molecule has 0 bridgehead atoms. The number of likely N-dealkylation sites (N-methyl/N-ethyl adjacent to an activating group) is 1. The van der Waals surface area contributed by atoms with Crippen LogP contribution in [0.3, 0.4) is 0 Å². The second-order valence-corrected chi connectivity index (χ2v) is 25.5. The highest BCUT2D eigenvalue weighted by atomic mass is 15.3. The summed E-state index contributed by atoms with van der Waals surface area (Å²) < 4.78 is 0. The van der Waals surface area contributed by atoms with Gasteiger partial charge in [0.1, 0.15) is 0 Å². The van der Waals surface area contributed by atoms with Crippen molar-refractivity contribution in [3.63, 3.8) is 0 Å². The normalized spacial score (nSPS) is 21.6. The molecular formula is C67H127N9. The molecule has 0 radical (unpaired) electrons. The van der Waals surface area contributed by atoms with E-state index in [-0.39, 0.29) is 0 Å². The number of benzene rings is 2. The molecule has 2 aromatic rings. The van der Waals surface area contributed by atoms with Crippen LogP contribution in [0, 0.1) is 0 Å². The third-order valence-corrected chi connectivity index (χ3v) is 17.4. The number of hydrogen-bond donors (Lipinski definition) is 0. The Hall–Kier alpha value is -2.08. The monoisotopic (exact) mass is 1060 g/mol. The van der Waals surface area contributed by atoms with Crippen LogP contribution in [0.2, 0.25) is 0 Å². The van der Waals surface area contributed by atoms with E-state index in [0.29, 0.717) is 12.1 Å². The van der Waals surface area contributed by atoms with Crippen LogP contribution in [0.5, 0.6) is 0 Å². The zero-order chi connectivity index (χ0) is 55.7. The molecule has 7 aliphatic heterocycles. The van der Waals surface area contributed by atoms with Crippen LogP contribution >= 0.6 is 0 Å². The van der Waals surface area contributed by atoms with E-state index in [0.717, 1.165) is 49.2 Å². The first-order valence-corrected chi connectivity index (χ1v) is 32.2. The first-order valence-electron chi connectivity index (χ1n) is 32.2. The van der Waals surface area contributed by atoms with Crippen molar-refractivity contribution in [1.82, 2.24) is 39.2 Å². The second kappa shape index (κ2) is 40.2. The van der Waals surface area contributed by atoms with Gasteiger partial charge in [0.2, 0.25) is 0 Å². The third kappa shape index (κ3) is 28.9. The van der Waals surface area contributed by atoms with E-state index in [1.807, 2.05) is 0 Å². The molecule has 440 valence electrons. The zero-order valence-electron chi connectivity index (χ0n) is 53.0. The molecule has 9 heteroatoms. The Morgan fingerprint density at radius 1 is 0.276 bits per heavy atom. The molecule has 2 aromatic carbocycles. The van der Waals surface area contributed by atoms with Gasteiger partial charge in [-0.15, -0.1) is 0 Å². The lowest BCUT2D eigenvalue weighted by Crippen LogP contribution is -2.48. The molecule has 0 N–H and O–H groups in total. The van der Waals surface area contributed by atoms with Gasteiger partial charge in [-0.1, -0.05) is 74.2 Å². The first kappa shape index (κ1) is 68.2. The van der Waals surface area contributed by atoms with Gasteiger partial charge < -0.3 is 34.3 Å². The van der Waals surface area contributed by atoms with Gasteiger partial charge >= 0.3 is 0 Å². The quantitative estimate of drug-likeness (QED) is 0.244. The van der Waals surface area contributed by atoms with Gasteiger partial charge in [-0.3, -0.25) is 9.80 Å². The van der Waals surface area contributed by atoms with Crippen LogP contribution in [0.15, 0.2) is 60.7 Å². The molecule has 7 aliphatic rings. The van der Waals surface area contributed by atoms with Crippen LogP contribution in [-0.4, -0.2) is 206 Å². The van der Waals surface area contributed by atoms with Crippen LogP contribution in [-0.2, 0) is 0 Å². The molecule has 7 saturated heterocycles. The summed E-state index contributed by atoms with van der Waals surface area (Å²) in [6.45, 7) is 54.8. The van der Waals surface area contributed by atoms with Gasteiger partial charge in [-0.05, 0) is 257 Å². The Balaban J connectivity index is 0.000000237. The number of anilines is 1. The van der Waals surface area contributed by atoms with Crippen LogP contribution in [0.4, 0.5) is 5.69 Å². The SMILES string of the molecule is CC(C)N1CCC(c2ccccc2)CC1.CC(C)N1CCCC1.CC(C)N1CCCCC1.CC(C)N1CCCCC1.CC(C)N1CCCCCC1.CC(C)N1CCN(C)CC1.CC(C)N1CCN(c2ccccc2)CC1. The topological polar surface area (TPSA) is 29.2 Å². The minimum atomic E-state index is 0.683. The van der Waals surface area contributed by atoms with Gasteiger partial charge in [-0.25, -0.2) is 0 Å². The number of para-hydroxylation sites is 1. The molecule has 0 saturated carbocycles.